The van der Waals surface area contributed by atoms with Gasteiger partial charge in [-0.05, 0) is 55.7 Å². The van der Waals surface area contributed by atoms with Gasteiger partial charge in [-0.15, -0.1) is 4.40 Å². The van der Waals surface area contributed by atoms with Crippen LogP contribution in [0.5, 0.6) is 11.5 Å². The Morgan fingerprint density at radius 3 is 2.94 bits per heavy atom. The molecule has 0 spiro atoms. The van der Waals surface area contributed by atoms with Crippen LogP contribution in [0.25, 0.3) is 0 Å². The summed E-state index contributed by atoms with van der Waals surface area (Å²) < 4.78 is 35.3. The molecule has 2 aromatic carbocycles. The predicted octanol–water partition coefficient (Wildman–Crippen LogP) is 2.01. The van der Waals surface area contributed by atoms with Crippen LogP contribution in [-0.2, 0) is 10.2 Å². The number of likely N-dealkylation sites (tertiary alicyclic amines) is 1. The van der Waals surface area contributed by atoms with Crippen LogP contribution in [0.1, 0.15) is 34.3 Å². The van der Waals surface area contributed by atoms with Crippen LogP contribution < -0.4 is 15.2 Å². The van der Waals surface area contributed by atoms with Crippen molar-refractivity contribution in [1.82, 2.24) is 4.90 Å². The number of amides is 1. The molecule has 9 nitrogen and oxygen atoms in total. The van der Waals surface area contributed by atoms with Gasteiger partial charge in [0.15, 0.2) is 5.84 Å². The minimum absolute atomic E-state index is 0.0734. The molecule has 1 amide bonds. The normalized spacial score (nSPS) is 19.7. The van der Waals surface area contributed by atoms with E-state index in [1.165, 1.54) is 6.07 Å². The van der Waals surface area contributed by atoms with E-state index in [1.807, 2.05) is 0 Å². The number of aryl methyl sites for hydroxylation is 1. The Hall–Kier alpha value is -3.27. The van der Waals surface area contributed by atoms with E-state index in [1.54, 1.807) is 42.2 Å². The largest absolute Gasteiger partial charge is 0.508 e. The summed E-state index contributed by atoms with van der Waals surface area (Å²) in [7, 11) is -3.85. The monoisotopic (exact) mass is 444 g/mol. The van der Waals surface area contributed by atoms with Gasteiger partial charge in [0.1, 0.15) is 11.5 Å². The summed E-state index contributed by atoms with van der Waals surface area (Å²) in [6.45, 7) is 3.32. The van der Waals surface area contributed by atoms with Crippen LogP contribution in [0.2, 0.25) is 0 Å². The van der Waals surface area contributed by atoms with Crippen LogP contribution >= 0.6 is 0 Å². The molecule has 4 N–H and O–H groups in total. The standard InChI is InChI=1S/C21H24N4O5S/c1-13-10-15(7-8-17(13)26)21(27)25-9-3-4-14(11-25)12-30-18-6-2-5-16-19(18)20(22)24-31(28,29)23-16/h2,5-8,10,14,23,26H,3-4,9,11-12H2,1H3,(H2,22,24)/t14-/m0/s1. The zero-order valence-electron chi connectivity index (χ0n) is 17.0. The van der Waals surface area contributed by atoms with E-state index in [-0.39, 0.29) is 23.4 Å². The molecule has 2 aromatic rings. The molecule has 4 rings (SSSR count). The molecule has 0 aromatic heterocycles. The Labute approximate surface area is 180 Å². The maximum atomic E-state index is 12.9. The molecule has 0 unspecified atom stereocenters. The van der Waals surface area contributed by atoms with E-state index >= 15 is 0 Å². The fourth-order valence-electron chi connectivity index (χ4n) is 3.90. The zero-order valence-corrected chi connectivity index (χ0v) is 17.9. The second-order valence-electron chi connectivity index (χ2n) is 7.80. The average Bonchev–Trinajstić information content (AvgIpc) is 2.72. The molecule has 1 saturated heterocycles. The SMILES string of the molecule is Cc1cc(C(=O)N2CCC[C@H](COc3cccc4c3C(N)=NS(=O)(=O)N4)C2)ccc1O. The van der Waals surface area contributed by atoms with Gasteiger partial charge in [0.25, 0.3) is 5.91 Å². The van der Waals surface area contributed by atoms with Crippen molar-refractivity contribution in [1.29, 1.82) is 0 Å². The fourth-order valence-corrected chi connectivity index (χ4v) is 4.75. The Balaban J connectivity index is 1.44. The average molecular weight is 445 g/mol. The number of benzene rings is 2. The molecule has 2 aliphatic heterocycles. The summed E-state index contributed by atoms with van der Waals surface area (Å²) in [5.74, 6) is 0.532. The summed E-state index contributed by atoms with van der Waals surface area (Å²) in [5.41, 5.74) is 7.81. The van der Waals surface area contributed by atoms with Crippen LogP contribution in [0.15, 0.2) is 40.8 Å². The highest BCUT2D eigenvalue weighted by Gasteiger charge is 2.27. The minimum atomic E-state index is -3.85. The Bertz CT molecular complexity index is 1160. The van der Waals surface area contributed by atoms with Crippen molar-refractivity contribution in [3.8, 4) is 11.5 Å². The highest BCUT2D eigenvalue weighted by molar-refractivity contribution is 7.91. The Morgan fingerprint density at radius 2 is 2.16 bits per heavy atom. The molecule has 0 saturated carbocycles. The number of amidine groups is 1. The lowest BCUT2D eigenvalue weighted by atomic mass is 9.98. The van der Waals surface area contributed by atoms with E-state index in [0.29, 0.717) is 47.8 Å². The molecule has 31 heavy (non-hydrogen) atoms. The number of piperidine rings is 1. The summed E-state index contributed by atoms with van der Waals surface area (Å²) >= 11 is 0. The van der Waals surface area contributed by atoms with E-state index < -0.39 is 10.2 Å². The third-order valence-corrected chi connectivity index (χ3v) is 6.38. The van der Waals surface area contributed by atoms with Crippen LogP contribution in [0, 0.1) is 12.8 Å². The van der Waals surface area contributed by atoms with Crippen LogP contribution in [0.3, 0.4) is 0 Å². The number of phenolic OH excluding ortho intramolecular Hbond substituents is 1. The first kappa shape index (κ1) is 21.0. The van der Waals surface area contributed by atoms with Gasteiger partial charge in [0, 0.05) is 24.6 Å². The van der Waals surface area contributed by atoms with Crippen molar-refractivity contribution < 1.29 is 23.1 Å². The third-order valence-electron chi connectivity index (χ3n) is 5.46. The number of ether oxygens (including phenoxy) is 1. The number of anilines is 1. The number of nitrogens with one attached hydrogen (secondary N) is 1. The lowest BCUT2D eigenvalue weighted by Gasteiger charge is -2.33. The topological polar surface area (TPSA) is 134 Å². The molecule has 2 heterocycles. The number of hydrogen-bond donors (Lipinski definition) is 3. The molecule has 1 atom stereocenters. The lowest BCUT2D eigenvalue weighted by Crippen LogP contribution is -2.41. The molecule has 2 aliphatic rings. The second-order valence-corrected chi connectivity index (χ2v) is 9.14. The van der Waals surface area contributed by atoms with Gasteiger partial charge >= 0.3 is 10.2 Å². The maximum absolute atomic E-state index is 12.9. The summed E-state index contributed by atoms with van der Waals surface area (Å²) in [4.78, 5) is 14.7. The smallest absolute Gasteiger partial charge is 0.344 e. The quantitative estimate of drug-likeness (QED) is 0.660. The number of carbonyl (C=O) groups excluding carboxylic acids is 1. The van der Waals surface area contributed by atoms with Crippen molar-refractivity contribution >= 4 is 27.6 Å². The molecular formula is C21H24N4O5S. The van der Waals surface area contributed by atoms with Gasteiger partial charge in [-0.1, -0.05) is 6.07 Å². The van der Waals surface area contributed by atoms with Gasteiger partial charge in [0.05, 0.1) is 17.9 Å². The Kier molecular flexibility index (Phi) is 5.48. The zero-order chi connectivity index (χ0) is 22.2. The van der Waals surface area contributed by atoms with Gasteiger partial charge in [-0.3, -0.25) is 9.52 Å². The van der Waals surface area contributed by atoms with Crippen molar-refractivity contribution in [2.75, 3.05) is 24.4 Å². The number of phenols is 1. The van der Waals surface area contributed by atoms with Crippen LogP contribution in [0.4, 0.5) is 5.69 Å². The molecule has 1 fully saturated rings. The summed E-state index contributed by atoms with van der Waals surface area (Å²) in [5, 5.41) is 9.69. The first-order valence-electron chi connectivity index (χ1n) is 9.97. The van der Waals surface area contributed by atoms with Gasteiger partial charge in [-0.2, -0.15) is 8.42 Å². The number of hydrogen-bond acceptors (Lipinski definition) is 6. The second kappa shape index (κ2) is 8.10. The molecule has 10 heteroatoms. The summed E-state index contributed by atoms with van der Waals surface area (Å²) in [6, 6.07) is 9.85. The highest BCUT2D eigenvalue weighted by atomic mass is 32.2. The molecule has 164 valence electrons. The van der Waals surface area contributed by atoms with Gasteiger partial charge < -0.3 is 20.5 Å². The van der Waals surface area contributed by atoms with Crippen molar-refractivity contribution in [2.45, 2.75) is 19.8 Å². The van der Waals surface area contributed by atoms with E-state index in [4.69, 9.17) is 10.5 Å². The lowest BCUT2D eigenvalue weighted by molar-refractivity contribution is 0.0633. The molecule has 0 aliphatic carbocycles. The van der Waals surface area contributed by atoms with E-state index in [9.17, 15) is 18.3 Å². The third kappa shape index (κ3) is 4.43. The maximum Gasteiger partial charge on any atom is 0.344 e. The van der Waals surface area contributed by atoms with Crippen molar-refractivity contribution in [3.05, 3.63) is 53.1 Å². The number of fused-ring (bicyclic) bond motifs is 1. The number of nitrogens with zero attached hydrogens (tertiary/aromatic N) is 2. The first-order chi connectivity index (χ1) is 14.7. The number of carbonyl (C=O) groups is 1. The highest BCUT2D eigenvalue weighted by Crippen LogP contribution is 2.31. The first-order valence-corrected chi connectivity index (χ1v) is 11.4. The molecule has 0 bridgehead atoms. The van der Waals surface area contributed by atoms with Gasteiger partial charge in [0.2, 0.25) is 0 Å². The number of rotatable bonds is 4. The van der Waals surface area contributed by atoms with Crippen molar-refractivity contribution in [3.63, 3.8) is 0 Å². The number of aromatic hydroxyl groups is 1. The molecular weight excluding hydrogens is 420 g/mol. The minimum Gasteiger partial charge on any atom is -0.508 e. The fraction of sp³-hybridized carbons (Fsp3) is 0.333. The van der Waals surface area contributed by atoms with Crippen molar-refractivity contribution in [2.24, 2.45) is 16.0 Å². The Morgan fingerprint density at radius 1 is 1.35 bits per heavy atom. The van der Waals surface area contributed by atoms with E-state index in [0.717, 1.165) is 12.8 Å². The molecule has 0 radical (unpaired) electrons. The van der Waals surface area contributed by atoms with Gasteiger partial charge in [-0.25, -0.2) is 0 Å². The van der Waals surface area contributed by atoms with E-state index in [2.05, 4.69) is 9.12 Å². The van der Waals surface area contributed by atoms with Crippen LogP contribution in [-0.4, -0.2) is 49.9 Å². The predicted molar refractivity (Wildman–Crippen MR) is 117 cm³/mol. The summed E-state index contributed by atoms with van der Waals surface area (Å²) in [6.07, 6.45) is 1.76. The number of nitrogens with two attached hydrogens (primary N) is 1.